The summed E-state index contributed by atoms with van der Waals surface area (Å²) >= 11 is 1.64. The number of amides is 1. The summed E-state index contributed by atoms with van der Waals surface area (Å²) in [6.45, 7) is 0. The number of nitrogens with two attached hydrogens (primary N) is 1. The Labute approximate surface area is 117 Å². The quantitative estimate of drug-likeness (QED) is 0.815. The smallest absolute Gasteiger partial charge is 0.234 e. The Morgan fingerprint density at radius 1 is 1.42 bits per heavy atom. The second-order valence-electron chi connectivity index (χ2n) is 4.95. The highest BCUT2D eigenvalue weighted by Gasteiger charge is 2.15. The fourth-order valence-corrected chi connectivity index (χ4v) is 3.36. The number of carbonyl (C=O) groups excluding carboxylic acids is 1. The van der Waals surface area contributed by atoms with Crippen LogP contribution in [0.5, 0.6) is 0 Å². The molecule has 1 aromatic carbocycles. The van der Waals surface area contributed by atoms with E-state index in [-0.39, 0.29) is 5.91 Å². The summed E-state index contributed by atoms with van der Waals surface area (Å²) < 4.78 is 13.0. The van der Waals surface area contributed by atoms with E-state index in [2.05, 4.69) is 5.32 Å². The van der Waals surface area contributed by atoms with Crippen molar-refractivity contribution in [2.45, 2.75) is 25.7 Å². The molecule has 5 heteroatoms. The molecule has 0 aromatic heterocycles. The van der Waals surface area contributed by atoms with Gasteiger partial charge in [0.2, 0.25) is 5.91 Å². The molecule has 1 aliphatic carbocycles. The van der Waals surface area contributed by atoms with Crippen LogP contribution in [0, 0.1) is 11.7 Å². The van der Waals surface area contributed by atoms with Crippen LogP contribution in [0.2, 0.25) is 0 Å². The summed E-state index contributed by atoms with van der Waals surface area (Å²) in [7, 11) is 0. The van der Waals surface area contributed by atoms with E-state index in [0.29, 0.717) is 17.1 Å². The van der Waals surface area contributed by atoms with Gasteiger partial charge in [-0.3, -0.25) is 4.79 Å². The first-order chi connectivity index (χ1) is 9.15. The summed E-state index contributed by atoms with van der Waals surface area (Å²) in [6.07, 6.45) is 5.20. The molecule has 1 amide bonds. The summed E-state index contributed by atoms with van der Waals surface area (Å²) in [5.74, 6) is 1.67. The molecule has 3 nitrogen and oxygen atoms in total. The standard InChI is InChI=1S/C14H19FN2OS/c15-11-5-6-12(16)13(7-11)17-14(18)9-19-8-10-3-1-2-4-10/h5-7,10H,1-4,8-9,16H2,(H,17,18). The summed E-state index contributed by atoms with van der Waals surface area (Å²) in [5, 5.41) is 2.65. The Bertz CT molecular complexity index is 447. The van der Waals surface area contributed by atoms with Crippen LogP contribution in [0.15, 0.2) is 18.2 Å². The van der Waals surface area contributed by atoms with Gasteiger partial charge >= 0.3 is 0 Å². The average molecular weight is 282 g/mol. The highest BCUT2D eigenvalue weighted by atomic mass is 32.2. The molecule has 1 aromatic rings. The lowest BCUT2D eigenvalue weighted by molar-refractivity contribution is -0.113. The van der Waals surface area contributed by atoms with Gasteiger partial charge in [0.15, 0.2) is 0 Å². The third kappa shape index (κ3) is 4.42. The first kappa shape index (κ1) is 14.2. The van der Waals surface area contributed by atoms with E-state index in [1.165, 1.54) is 43.9 Å². The molecule has 0 saturated heterocycles. The third-order valence-electron chi connectivity index (χ3n) is 3.35. The molecule has 104 valence electrons. The first-order valence-electron chi connectivity index (χ1n) is 6.58. The lowest BCUT2D eigenvalue weighted by atomic mass is 10.1. The highest BCUT2D eigenvalue weighted by Crippen LogP contribution is 2.28. The fourth-order valence-electron chi connectivity index (χ4n) is 2.32. The number of rotatable bonds is 5. The van der Waals surface area contributed by atoms with Gasteiger partial charge in [0, 0.05) is 0 Å². The van der Waals surface area contributed by atoms with Gasteiger partial charge in [-0.15, -0.1) is 0 Å². The van der Waals surface area contributed by atoms with E-state index in [9.17, 15) is 9.18 Å². The Morgan fingerprint density at radius 2 is 2.16 bits per heavy atom. The predicted molar refractivity (Wildman–Crippen MR) is 78.7 cm³/mol. The molecule has 0 bridgehead atoms. The molecule has 1 saturated carbocycles. The molecule has 0 atom stereocenters. The maximum atomic E-state index is 13.0. The van der Waals surface area contributed by atoms with E-state index >= 15 is 0 Å². The van der Waals surface area contributed by atoms with Gasteiger partial charge in [-0.2, -0.15) is 11.8 Å². The zero-order valence-corrected chi connectivity index (χ0v) is 11.6. The Hall–Kier alpha value is -1.23. The summed E-state index contributed by atoms with van der Waals surface area (Å²) in [6, 6.07) is 3.98. The third-order valence-corrected chi connectivity index (χ3v) is 4.52. The molecule has 3 N–H and O–H groups in total. The van der Waals surface area contributed by atoms with Gasteiger partial charge in [0.1, 0.15) is 5.82 Å². The molecule has 1 fully saturated rings. The lowest BCUT2D eigenvalue weighted by Crippen LogP contribution is -2.16. The zero-order chi connectivity index (χ0) is 13.7. The molecule has 0 spiro atoms. The monoisotopic (exact) mass is 282 g/mol. The van der Waals surface area contributed by atoms with Crippen LogP contribution < -0.4 is 11.1 Å². The Morgan fingerprint density at radius 3 is 2.89 bits per heavy atom. The van der Waals surface area contributed by atoms with Crippen molar-refractivity contribution in [2.24, 2.45) is 5.92 Å². The maximum absolute atomic E-state index is 13.0. The molecule has 0 heterocycles. The summed E-state index contributed by atoms with van der Waals surface area (Å²) in [4.78, 5) is 11.7. The number of carbonyl (C=O) groups is 1. The minimum atomic E-state index is -0.400. The van der Waals surface area contributed by atoms with Crippen molar-refractivity contribution in [1.29, 1.82) is 0 Å². The Balaban J connectivity index is 1.75. The lowest BCUT2D eigenvalue weighted by Gasteiger charge is -2.10. The number of benzene rings is 1. The average Bonchev–Trinajstić information content (AvgIpc) is 2.87. The SMILES string of the molecule is Nc1ccc(F)cc1NC(=O)CSCC1CCCC1. The van der Waals surface area contributed by atoms with Crippen LogP contribution >= 0.6 is 11.8 Å². The van der Waals surface area contributed by atoms with Crippen molar-refractivity contribution in [3.63, 3.8) is 0 Å². The van der Waals surface area contributed by atoms with Crippen molar-refractivity contribution in [1.82, 2.24) is 0 Å². The molecule has 2 rings (SSSR count). The normalized spacial score (nSPS) is 15.6. The second kappa shape index (κ2) is 6.80. The van der Waals surface area contributed by atoms with Crippen LogP contribution in [0.3, 0.4) is 0 Å². The van der Waals surface area contributed by atoms with Crippen molar-refractivity contribution in [2.75, 3.05) is 22.6 Å². The van der Waals surface area contributed by atoms with E-state index in [1.54, 1.807) is 11.8 Å². The zero-order valence-electron chi connectivity index (χ0n) is 10.8. The molecule has 1 aliphatic rings. The molecule has 19 heavy (non-hydrogen) atoms. The molecule has 0 unspecified atom stereocenters. The number of nitrogen functional groups attached to an aromatic ring is 1. The topological polar surface area (TPSA) is 55.1 Å². The van der Waals surface area contributed by atoms with Gasteiger partial charge in [-0.1, -0.05) is 12.8 Å². The molecular formula is C14H19FN2OS. The Kier molecular flexibility index (Phi) is 5.07. The van der Waals surface area contributed by atoms with Gasteiger partial charge in [-0.05, 0) is 42.7 Å². The maximum Gasteiger partial charge on any atom is 0.234 e. The number of thioether (sulfide) groups is 1. The van der Waals surface area contributed by atoms with Gasteiger partial charge in [0.05, 0.1) is 17.1 Å². The van der Waals surface area contributed by atoms with Crippen molar-refractivity contribution < 1.29 is 9.18 Å². The van der Waals surface area contributed by atoms with E-state index in [4.69, 9.17) is 5.73 Å². The number of anilines is 2. The number of hydrogen-bond acceptors (Lipinski definition) is 3. The molecule has 0 aliphatic heterocycles. The fraction of sp³-hybridized carbons (Fsp3) is 0.500. The minimum Gasteiger partial charge on any atom is -0.397 e. The van der Waals surface area contributed by atoms with Crippen LogP contribution in [0.4, 0.5) is 15.8 Å². The van der Waals surface area contributed by atoms with Gasteiger partial charge in [-0.25, -0.2) is 4.39 Å². The van der Waals surface area contributed by atoms with Crippen LogP contribution in [0.1, 0.15) is 25.7 Å². The van der Waals surface area contributed by atoms with Crippen LogP contribution in [-0.2, 0) is 4.79 Å². The summed E-state index contributed by atoms with van der Waals surface area (Å²) in [5.41, 5.74) is 6.42. The minimum absolute atomic E-state index is 0.125. The van der Waals surface area contributed by atoms with Crippen molar-refractivity contribution in [3.05, 3.63) is 24.0 Å². The molecular weight excluding hydrogens is 263 g/mol. The number of halogens is 1. The number of nitrogens with one attached hydrogen (secondary N) is 1. The largest absolute Gasteiger partial charge is 0.397 e. The van der Waals surface area contributed by atoms with Gasteiger partial charge in [0.25, 0.3) is 0 Å². The highest BCUT2D eigenvalue weighted by molar-refractivity contribution is 7.99. The van der Waals surface area contributed by atoms with E-state index in [0.717, 1.165) is 11.7 Å². The number of hydrogen-bond donors (Lipinski definition) is 2. The van der Waals surface area contributed by atoms with Crippen LogP contribution in [-0.4, -0.2) is 17.4 Å². The van der Waals surface area contributed by atoms with E-state index < -0.39 is 5.82 Å². The van der Waals surface area contributed by atoms with Crippen LogP contribution in [0.25, 0.3) is 0 Å². The first-order valence-corrected chi connectivity index (χ1v) is 7.73. The predicted octanol–water partition coefficient (Wildman–Crippen LogP) is 3.27. The van der Waals surface area contributed by atoms with E-state index in [1.807, 2.05) is 0 Å². The second-order valence-corrected chi connectivity index (χ2v) is 5.98. The molecule has 0 radical (unpaired) electrons. The van der Waals surface area contributed by atoms with Crippen molar-refractivity contribution >= 4 is 29.0 Å². The van der Waals surface area contributed by atoms with Gasteiger partial charge < -0.3 is 11.1 Å². The van der Waals surface area contributed by atoms with Crippen molar-refractivity contribution in [3.8, 4) is 0 Å².